The zero-order chi connectivity index (χ0) is 26.8. The second-order valence-corrected chi connectivity index (χ2v) is 10.6. The van der Waals surface area contributed by atoms with Crippen LogP contribution in [-0.4, -0.2) is 84.1 Å². The van der Waals surface area contributed by atoms with Crippen molar-refractivity contribution in [3.63, 3.8) is 0 Å². The smallest absolute Gasteiger partial charge is 0.410 e. The van der Waals surface area contributed by atoms with E-state index in [1.165, 1.54) is 11.0 Å². The van der Waals surface area contributed by atoms with Gasteiger partial charge in [-0.25, -0.2) is 4.79 Å². The molecule has 204 valence electrons. The molecule has 0 radical (unpaired) electrons. The van der Waals surface area contributed by atoms with Gasteiger partial charge in [0, 0.05) is 43.0 Å². The van der Waals surface area contributed by atoms with Crippen molar-refractivity contribution in [2.24, 2.45) is 5.92 Å². The Labute approximate surface area is 214 Å². The lowest BCUT2D eigenvalue weighted by Crippen LogP contribution is -2.44. The molecule has 2 aromatic rings. The van der Waals surface area contributed by atoms with E-state index >= 15 is 0 Å². The minimum absolute atomic E-state index is 0.00772. The summed E-state index contributed by atoms with van der Waals surface area (Å²) in [6, 6.07) is 6.33. The van der Waals surface area contributed by atoms with Crippen LogP contribution in [0.3, 0.4) is 0 Å². The van der Waals surface area contributed by atoms with Crippen molar-refractivity contribution in [2.75, 3.05) is 46.0 Å². The van der Waals surface area contributed by atoms with E-state index in [-0.39, 0.29) is 17.7 Å². The minimum atomic E-state index is -4.48. The summed E-state index contributed by atoms with van der Waals surface area (Å²) < 4.78 is 57.9. The van der Waals surface area contributed by atoms with Gasteiger partial charge in [-0.3, -0.25) is 4.79 Å². The van der Waals surface area contributed by atoms with Gasteiger partial charge in [0.05, 0.1) is 19.8 Å². The first kappa shape index (κ1) is 27.1. The third-order valence-corrected chi connectivity index (χ3v) is 6.38. The summed E-state index contributed by atoms with van der Waals surface area (Å²) in [5.74, 6) is 0.150. The standard InChI is InChI=1S/C26H34F3N3O5/c1-25(2,3)37-24(34)31-8-4-5-18(15-31)16-36-20-6-7-21-19(13-20)14-22(32(21)17-26(27,28)29)23(33)30-9-11-35-12-10-30/h6-7,13-14,18H,4-5,8-12,15-17H2,1-3H3/t18-/m0/s1. The topological polar surface area (TPSA) is 73.2 Å². The maximum atomic E-state index is 13.4. The minimum Gasteiger partial charge on any atom is -0.493 e. The summed E-state index contributed by atoms with van der Waals surface area (Å²) in [5.41, 5.74) is -0.262. The first-order valence-electron chi connectivity index (χ1n) is 12.6. The molecule has 1 aromatic carbocycles. The van der Waals surface area contributed by atoms with Gasteiger partial charge >= 0.3 is 12.3 Å². The molecule has 11 heteroatoms. The Kier molecular flexibility index (Phi) is 7.91. The molecular formula is C26H34F3N3O5. The van der Waals surface area contributed by atoms with E-state index < -0.39 is 24.2 Å². The molecule has 0 N–H and O–H groups in total. The zero-order valence-electron chi connectivity index (χ0n) is 21.5. The number of likely N-dealkylation sites (tertiary alicyclic amines) is 1. The van der Waals surface area contributed by atoms with E-state index in [1.807, 2.05) is 20.8 Å². The van der Waals surface area contributed by atoms with Gasteiger partial charge in [-0.15, -0.1) is 0 Å². The first-order valence-corrected chi connectivity index (χ1v) is 12.6. The molecule has 0 bridgehead atoms. The summed E-state index contributed by atoms with van der Waals surface area (Å²) in [4.78, 5) is 28.7. The average Bonchev–Trinajstić information content (AvgIpc) is 3.18. The van der Waals surface area contributed by atoms with Crippen molar-refractivity contribution in [1.29, 1.82) is 0 Å². The summed E-state index contributed by atoms with van der Waals surface area (Å²) in [5, 5.41) is 0.498. The number of fused-ring (bicyclic) bond motifs is 1. The molecule has 1 aromatic heterocycles. The van der Waals surface area contributed by atoms with E-state index in [9.17, 15) is 22.8 Å². The Hall–Kier alpha value is -2.95. The van der Waals surface area contributed by atoms with Gasteiger partial charge in [-0.2, -0.15) is 13.2 Å². The molecule has 4 rings (SSSR count). The van der Waals surface area contributed by atoms with Crippen LogP contribution in [0.15, 0.2) is 24.3 Å². The van der Waals surface area contributed by atoms with Crippen LogP contribution in [0.1, 0.15) is 44.1 Å². The highest BCUT2D eigenvalue weighted by molar-refractivity contribution is 5.99. The number of hydrogen-bond acceptors (Lipinski definition) is 5. The lowest BCUT2D eigenvalue weighted by molar-refractivity contribution is -0.140. The normalized spacial score (nSPS) is 19.2. The molecular weight excluding hydrogens is 491 g/mol. The molecule has 3 heterocycles. The second-order valence-electron chi connectivity index (χ2n) is 10.6. The van der Waals surface area contributed by atoms with Gasteiger partial charge in [-0.1, -0.05) is 0 Å². The van der Waals surface area contributed by atoms with E-state index in [2.05, 4.69) is 0 Å². The van der Waals surface area contributed by atoms with Gasteiger partial charge in [0.15, 0.2) is 0 Å². The second kappa shape index (κ2) is 10.8. The van der Waals surface area contributed by atoms with Gasteiger partial charge in [0.2, 0.25) is 0 Å². The average molecular weight is 526 g/mol. The molecule has 0 spiro atoms. The van der Waals surface area contributed by atoms with Gasteiger partial charge in [0.1, 0.15) is 23.6 Å². The first-order chi connectivity index (χ1) is 17.4. The van der Waals surface area contributed by atoms with Crippen molar-refractivity contribution in [2.45, 2.75) is 51.9 Å². The predicted octanol–water partition coefficient (Wildman–Crippen LogP) is 4.70. The Balaban J connectivity index is 1.48. The van der Waals surface area contributed by atoms with E-state index in [0.29, 0.717) is 62.7 Å². The molecule has 2 amide bonds. The number of hydrogen-bond donors (Lipinski definition) is 0. The fourth-order valence-electron chi connectivity index (χ4n) is 4.70. The van der Waals surface area contributed by atoms with Crippen LogP contribution in [-0.2, 0) is 16.0 Å². The van der Waals surface area contributed by atoms with E-state index in [1.54, 1.807) is 23.1 Å². The number of rotatable bonds is 5. The summed E-state index contributed by atoms with van der Waals surface area (Å²) in [7, 11) is 0. The molecule has 8 nitrogen and oxygen atoms in total. The van der Waals surface area contributed by atoms with Crippen LogP contribution in [0, 0.1) is 5.92 Å². The number of benzene rings is 1. The Bertz CT molecular complexity index is 1120. The fraction of sp³-hybridized carbons (Fsp3) is 0.615. The molecule has 37 heavy (non-hydrogen) atoms. The predicted molar refractivity (Wildman–Crippen MR) is 131 cm³/mol. The molecule has 2 fully saturated rings. The monoisotopic (exact) mass is 525 g/mol. The number of nitrogens with zero attached hydrogens (tertiary/aromatic N) is 3. The highest BCUT2D eigenvalue weighted by atomic mass is 19.4. The van der Waals surface area contributed by atoms with Crippen LogP contribution < -0.4 is 4.74 Å². The lowest BCUT2D eigenvalue weighted by atomic mass is 9.99. The number of carbonyl (C=O) groups excluding carboxylic acids is 2. The van der Waals surface area contributed by atoms with Crippen molar-refractivity contribution in [3.05, 3.63) is 30.0 Å². The molecule has 0 aliphatic carbocycles. The van der Waals surface area contributed by atoms with Gasteiger partial charge < -0.3 is 28.6 Å². The number of morpholine rings is 1. The number of carbonyl (C=O) groups is 2. The number of aromatic nitrogens is 1. The van der Waals surface area contributed by atoms with Crippen molar-refractivity contribution in [3.8, 4) is 5.75 Å². The SMILES string of the molecule is CC(C)(C)OC(=O)N1CCC[C@H](COc2ccc3c(c2)cc(C(=O)N2CCOCC2)n3CC(F)(F)F)C1. The highest BCUT2D eigenvalue weighted by Crippen LogP contribution is 2.30. The Morgan fingerprint density at radius 3 is 2.46 bits per heavy atom. The van der Waals surface area contributed by atoms with Crippen molar-refractivity contribution < 1.29 is 37.0 Å². The van der Waals surface area contributed by atoms with Crippen LogP contribution in [0.4, 0.5) is 18.0 Å². The molecule has 2 aliphatic heterocycles. The summed E-state index contributed by atoms with van der Waals surface area (Å²) >= 11 is 0. The quantitative estimate of drug-likeness (QED) is 0.566. The van der Waals surface area contributed by atoms with Crippen LogP contribution in [0.5, 0.6) is 5.75 Å². The van der Waals surface area contributed by atoms with Crippen LogP contribution in [0.25, 0.3) is 10.9 Å². The van der Waals surface area contributed by atoms with Crippen molar-refractivity contribution in [1.82, 2.24) is 14.4 Å². The van der Waals surface area contributed by atoms with Crippen LogP contribution >= 0.6 is 0 Å². The van der Waals surface area contributed by atoms with Crippen molar-refractivity contribution >= 4 is 22.9 Å². The molecule has 1 atom stereocenters. The molecule has 2 saturated heterocycles. The maximum absolute atomic E-state index is 13.4. The van der Waals surface area contributed by atoms with Gasteiger partial charge in [0.25, 0.3) is 5.91 Å². The summed E-state index contributed by atoms with van der Waals surface area (Å²) in [6.45, 7) is 7.10. The molecule has 2 aliphatic rings. The number of amides is 2. The fourth-order valence-corrected chi connectivity index (χ4v) is 4.70. The maximum Gasteiger partial charge on any atom is 0.410 e. The van der Waals surface area contributed by atoms with E-state index in [4.69, 9.17) is 14.2 Å². The van der Waals surface area contributed by atoms with Crippen LogP contribution in [0.2, 0.25) is 0 Å². The molecule has 0 saturated carbocycles. The zero-order valence-corrected chi connectivity index (χ0v) is 21.5. The Morgan fingerprint density at radius 2 is 1.78 bits per heavy atom. The largest absolute Gasteiger partial charge is 0.493 e. The van der Waals surface area contributed by atoms with Gasteiger partial charge in [-0.05, 0) is 57.9 Å². The lowest BCUT2D eigenvalue weighted by Gasteiger charge is -2.34. The number of ether oxygens (including phenoxy) is 3. The molecule has 0 unspecified atom stereocenters. The number of piperidine rings is 1. The highest BCUT2D eigenvalue weighted by Gasteiger charge is 2.33. The third kappa shape index (κ3) is 7.09. The number of alkyl halides is 3. The van der Waals surface area contributed by atoms with E-state index in [0.717, 1.165) is 17.4 Å². The summed E-state index contributed by atoms with van der Waals surface area (Å²) in [6.07, 6.45) is -3.11. The third-order valence-electron chi connectivity index (χ3n) is 6.38. The Morgan fingerprint density at radius 1 is 1.05 bits per heavy atom. The number of halogens is 3.